The molecule has 0 spiro atoms. The lowest BCUT2D eigenvalue weighted by Gasteiger charge is -2.38. The molecular weight excluding hydrogens is 386 g/mol. The molecule has 2 aromatic carbocycles. The van der Waals surface area contributed by atoms with Crippen LogP contribution >= 0.6 is 0 Å². The zero-order valence-corrected chi connectivity index (χ0v) is 17.8. The molecule has 0 atom stereocenters. The molecule has 0 saturated carbocycles. The minimum atomic E-state index is 0.0361. The van der Waals surface area contributed by atoms with Crippen LogP contribution in [-0.2, 0) is 16.8 Å². The number of ether oxygens (including phenoxy) is 2. The number of hydrogen-bond donors (Lipinski definition) is 1. The SMILES string of the molecule is COc1ccc(-c2ccc(C#N)nc2)cc1COCC1(c2ccccc2)CCNCC1. The van der Waals surface area contributed by atoms with Crippen molar-refractivity contribution in [1.82, 2.24) is 10.3 Å². The number of aromatic nitrogens is 1. The summed E-state index contributed by atoms with van der Waals surface area (Å²) >= 11 is 0. The third-order valence-corrected chi connectivity index (χ3v) is 6.07. The van der Waals surface area contributed by atoms with Crippen LogP contribution in [0.4, 0.5) is 0 Å². The topological polar surface area (TPSA) is 67.2 Å². The van der Waals surface area contributed by atoms with Crippen LogP contribution in [-0.4, -0.2) is 31.8 Å². The second-order valence-corrected chi connectivity index (χ2v) is 7.96. The second-order valence-electron chi connectivity index (χ2n) is 7.96. The van der Waals surface area contributed by atoms with Crippen LogP contribution in [0.1, 0.15) is 29.7 Å². The van der Waals surface area contributed by atoms with Gasteiger partial charge in [-0.2, -0.15) is 5.26 Å². The minimum absolute atomic E-state index is 0.0361. The van der Waals surface area contributed by atoms with E-state index in [-0.39, 0.29) is 5.41 Å². The average molecular weight is 414 g/mol. The van der Waals surface area contributed by atoms with Crippen LogP contribution < -0.4 is 10.1 Å². The maximum atomic E-state index is 8.97. The van der Waals surface area contributed by atoms with Gasteiger partial charge in [0, 0.05) is 22.7 Å². The summed E-state index contributed by atoms with van der Waals surface area (Å²) in [5, 5.41) is 12.4. The first-order valence-corrected chi connectivity index (χ1v) is 10.6. The molecule has 0 aliphatic carbocycles. The van der Waals surface area contributed by atoms with E-state index in [0.29, 0.717) is 18.9 Å². The third kappa shape index (κ3) is 4.77. The minimum Gasteiger partial charge on any atom is -0.496 e. The molecule has 1 aromatic heterocycles. The number of piperidine rings is 1. The maximum Gasteiger partial charge on any atom is 0.140 e. The third-order valence-electron chi connectivity index (χ3n) is 6.07. The Balaban J connectivity index is 1.52. The Morgan fingerprint density at radius 2 is 1.81 bits per heavy atom. The summed E-state index contributed by atoms with van der Waals surface area (Å²) in [6.45, 7) is 3.15. The van der Waals surface area contributed by atoms with E-state index in [4.69, 9.17) is 14.7 Å². The fourth-order valence-corrected chi connectivity index (χ4v) is 4.27. The van der Waals surface area contributed by atoms with E-state index in [1.54, 1.807) is 19.4 Å². The molecule has 3 aromatic rings. The lowest BCUT2D eigenvalue weighted by atomic mass is 9.74. The van der Waals surface area contributed by atoms with Crippen molar-refractivity contribution < 1.29 is 9.47 Å². The summed E-state index contributed by atoms with van der Waals surface area (Å²) in [6, 6.07) is 22.5. The van der Waals surface area contributed by atoms with Crippen molar-refractivity contribution in [3.63, 3.8) is 0 Å². The van der Waals surface area contributed by atoms with Crippen molar-refractivity contribution in [1.29, 1.82) is 5.26 Å². The van der Waals surface area contributed by atoms with E-state index in [1.165, 1.54) is 5.56 Å². The van der Waals surface area contributed by atoms with Crippen molar-refractivity contribution in [3.8, 4) is 22.9 Å². The first-order chi connectivity index (χ1) is 15.2. The monoisotopic (exact) mass is 413 g/mol. The first-order valence-electron chi connectivity index (χ1n) is 10.6. The standard InChI is InChI=1S/C26H27N3O2/c1-30-25-10-8-20(21-7-9-24(16-27)29-17-21)15-22(25)18-31-19-26(11-13-28-14-12-26)23-5-3-2-4-6-23/h2-10,15,17,28H,11-14,18-19H2,1H3. The van der Waals surface area contributed by atoms with E-state index in [1.807, 2.05) is 18.2 Å². The molecule has 5 heteroatoms. The molecule has 1 aliphatic rings. The first kappa shape index (κ1) is 21.0. The normalized spacial score (nSPS) is 15.2. The Hall–Kier alpha value is -3.20. The summed E-state index contributed by atoms with van der Waals surface area (Å²) in [6.07, 6.45) is 3.85. The predicted octanol–water partition coefficient (Wildman–Crippen LogP) is 4.47. The fraction of sp³-hybridized carbons (Fsp3) is 0.308. The molecule has 1 saturated heterocycles. The Labute approximate surface area is 183 Å². The highest BCUT2D eigenvalue weighted by molar-refractivity contribution is 5.65. The molecular formula is C26H27N3O2. The van der Waals surface area contributed by atoms with Gasteiger partial charge in [-0.25, -0.2) is 4.98 Å². The van der Waals surface area contributed by atoms with Crippen molar-refractivity contribution >= 4 is 0 Å². The molecule has 4 rings (SSSR count). The van der Waals surface area contributed by atoms with Gasteiger partial charge >= 0.3 is 0 Å². The van der Waals surface area contributed by atoms with E-state index >= 15 is 0 Å². The van der Waals surface area contributed by atoms with Crippen molar-refractivity contribution in [3.05, 3.63) is 83.7 Å². The van der Waals surface area contributed by atoms with Gasteiger partial charge in [-0.05, 0) is 61.3 Å². The fourth-order valence-electron chi connectivity index (χ4n) is 4.27. The van der Waals surface area contributed by atoms with Gasteiger partial charge in [0.15, 0.2) is 0 Å². The molecule has 1 aliphatic heterocycles. The van der Waals surface area contributed by atoms with Gasteiger partial charge in [0.05, 0.1) is 20.3 Å². The highest BCUT2D eigenvalue weighted by atomic mass is 16.5. The number of nitrogens with zero attached hydrogens (tertiary/aromatic N) is 2. The summed E-state index contributed by atoms with van der Waals surface area (Å²) in [7, 11) is 1.68. The smallest absolute Gasteiger partial charge is 0.140 e. The zero-order valence-electron chi connectivity index (χ0n) is 17.8. The number of nitriles is 1. The molecule has 0 radical (unpaired) electrons. The second kappa shape index (κ2) is 9.74. The van der Waals surface area contributed by atoms with Crippen molar-refractivity contribution in [2.45, 2.75) is 24.9 Å². The van der Waals surface area contributed by atoms with Gasteiger partial charge in [0.25, 0.3) is 0 Å². The Bertz CT molecular complexity index is 1040. The summed E-state index contributed by atoms with van der Waals surface area (Å²) in [5.41, 5.74) is 4.78. The molecule has 158 valence electrons. The maximum absolute atomic E-state index is 8.97. The van der Waals surface area contributed by atoms with Crippen molar-refractivity contribution in [2.24, 2.45) is 0 Å². The van der Waals surface area contributed by atoms with Crippen LogP contribution in [0.25, 0.3) is 11.1 Å². The number of benzene rings is 2. The predicted molar refractivity (Wildman–Crippen MR) is 121 cm³/mol. The average Bonchev–Trinajstić information content (AvgIpc) is 2.85. The van der Waals surface area contributed by atoms with Gasteiger partial charge in [-0.3, -0.25) is 0 Å². The largest absolute Gasteiger partial charge is 0.496 e. The Morgan fingerprint density at radius 3 is 2.48 bits per heavy atom. The lowest BCUT2D eigenvalue weighted by molar-refractivity contribution is 0.0555. The molecule has 0 unspecified atom stereocenters. The molecule has 1 N–H and O–H groups in total. The molecule has 1 fully saturated rings. The summed E-state index contributed by atoms with van der Waals surface area (Å²) in [5.74, 6) is 0.810. The van der Waals surface area contributed by atoms with E-state index in [2.05, 4.69) is 52.8 Å². The Kier molecular flexibility index (Phi) is 6.61. The van der Waals surface area contributed by atoms with Gasteiger partial charge in [-0.15, -0.1) is 0 Å². The van der Waals surface area contributed by atoms with Crippen LogP contribution in [0.5, 0.6) is 5.75 Å². The van der Waals surface area contributed by atoms with Crippen LogP contribution in [0.2, 0.25) is 0 Å². The molecule has 0 bridgehead atoms. The number of pyridine rings is 1. The number of nitrogens with one attached hydrogen (secondary N) is 1. The number of hydrogen-bond acceptors (Lipinski definition) is 5. The van der Waals surface area contributed by atoms with E-state index in [0.717, 1.165) is 48.4 Å². The number of methoxy groups -OCH3 is 1. The van der Waals surface area contributed by atoms with Crippen molar-refractivity contribution in [2.75, 3.05) is 26.8 Å². The van der Waals surface area contributed by atoms with E-state index in [9.17, 15) is 0 Å². The molecule has 2 heterocycles. The summed E-state index contributed by atoms with van der Waals surface area (Å²) in [4.78, 5) is 4.18. The lowest BCUT2D eigenvalue weighted by Crippen LogP contribution is -2.43. The highest BCUT2D eigenvalue weighted by Gasteiger charge is 2.34. The van der Waals surface area contributed by atoms with Crippen LogP contribution in [0.15, 0.2) is 66.9 Å². The van der Waals surface area contributed by atoms with Crippen LogP contribution in [0, 0.1) is 11.3 Å². The molecule has 0 amide bonds. The van der Waals surface area contributed by atoms with Gasteiger partial charge < -0.3 is 14.8 Å². The van der Waals surface area contributed by atoms with Gasteiger partial charge in [-0.1, -0.05) is 36.4 Å². The number of rotatable bonds is 7. The van der Waals surface area contributed by atoms with Gasteiger partial charge in [0.2, 0.25) is 0 Å². The molecule has 31 heavy (non-hydrogen) atoms. The Morgan fingerprint density at radius 1 is 1.03 bits per heavy atom. The van der Waals surface area contributed by atoms with E-state index < -0.39 is 0 Å². The van der Waals surface area contributed by atoms with Gasteiger partial charge in [0.1, 0.15) is 17.5 Å². The van der Waals surface area contributed by atoms with Crippen LogP contribution in [0.3, 0.4) is 0 Å². The summed E-state index contributed by atoms with van der Waals surface area (Å²) < 4.78 is 11.9. The quantitative estimate of drug-likeness (QED) is 0.619. The zero-order chi connectivity index (χ0) is 21.5. The molecule has 5 nitrogen and oxygen atoms in total. The highest BCUT2D eigenvalue weighted by Crippen LogP contribution is 2.35.